The predicted octanol–water partition coefficient (Wildman–Crippen LogP) is 5.61. The van der Waals surface area contributed by atoms with Gasteiger partial charge in [0.15, 0.2) is 0 Å². The zero-order chi connectivity index (χ0) is 15.3. The Balaban J connectivity index is 1.84. The Bertz CT molecular complexity index is 768. The third kappa shape index (κ3) is 2.14. The van der Waals surface area contributed by atoms with E-state index in [1.54, 1.807) is 12.1 Å². The van der Waals surface area contributed by atoms with Crippen LogP contribution < -0.4 is 5.32 Å². The van der Waals surface area contributed by atoms with Crippen molar-refractivity contribution in [2.75, 3.05) is 5.32 Å². The van der Waals surface area contributed by atoms with Gasteiger partial charge in [-0.05, 0) is 60.2 Å². The molecule has 3 heteroatoms. The SMILES string of the molecule is Cc1cc(Cl)cc2c1N[C@H](c1cccc(F)c1)[C@H]1CC=C[C@@H]21. The van der Waals surface area contributed by atoms with Crippen molar-refractivity contribution in [2.45, 2.75) is 25.3 Å². The standard InChI is InChI=1S/C19H17ClFN/c1-11-8-13(20)10-17-15-6-3-7-16(15)19(22-18(11)17)12-4-2-5-14(21)9-12/h2-6,8-10,15-16,19,22H,7H2,1H3/t15-,16+,19-/m1/s1. The van der Waals surface area contributed by atoms with E-state index < -0.39 is 0 Å². The van der Waals surface area contributed by atoms with Crippen LogP contribution in [0.1, 0.15) is 35.1 Å². The molecule has 0 radical (unpaired) electrons. The van der Waals surface area contributed by atoms with Gasteiger partial charge in [-0.15, -0.1) is 0 Å². The fraction of sp³-hybridized carbons (Fsp3) is 0.263. The van der Waals surface area contributed by atoms with Gasteiger partial charge in [0.05, 0.1) is 6.04 Å². The Hall–Kier alpha value is -1.80. The number of benzene rings is 2. The molecule has 1 nitrogen and oxygen atoms in total. The second kappa shape index (κ2) is 5.13. The summed E-state index contributed by atoms with van der Waals surface area (Å²) in [6.07, 6.45) is 5.50. The number of allylic oxidation sites excluding steroid dienone is 2. The van der Waals surface area contributed by atoms with Crippen molar-refractivity contribution in [1.29, 1.82) is 0 Å². The lowest BCUT2D eigenvalue weighted by molar-refractivity contribution is 0.424. The van der Waals surface area contributed by atoms with Crippen molar-refractivity contribution >= 4 is 17.3 Å². The molecule has 0 amide bonds. The molecule has 22 heavy (non-hydrogen) atoms. The number of anilines is 1. The highest BCUT2D eigenvalue weighted by atomic mass is 35.5. The van der Waals surface area contributed by atoms with Gasteiger partial charge in [-0.2, -0.15) is 0 Å². The first-order valence-corrected chi connectivity index (χ1v) is 8.00. The second-order valence-electron chi connectivity index (χ2n) is 6.22. The van der Waals surface area contributed by atoms with E-state index in [-0.39, 0.29) is 11.9 Å². The Kier molecular flexibility index (Phi) is 3.23. The third-order valence-electron chi connectivity index (χ3n) is 4.84. The van der Waals surface area contributed by atoms with Crippen molar-refractivity contribution in [3.8, 4) is 0 Å². The Labute approximate surface area is 134 Å². The highest BCUT2D eigenvalue weighted by molar-refractivity contribution is 6.30. The van der Waals surface area contributed by atoms with Crippen molar-refractivity contribution in [1.82, 2.24) is 0 Å². The van der Waals surface area contributed by atoms with Crippen LogP contribution in [0.4, 0.5) is 10.1 Å². The summed E-state index contributed by atoms with van der Waals surface area (Å²) in [5.41, 5.74) is 4.56. The molecule has 0 unspecified atom stereocenters. The van der Waals surface area contributed by atoms with Gasteiger partial charge >= 0.3 is 0 Å². The second-order valence-corrected chi connectivity index (χ2v) is 6.65. The van der Waals surface area contributed by atoms with Crippen LogP contribution >= 0.6 is 11.6 Å². The zero-order valence-corrected chi connectivity index (χ0v) is 13.1. The molecule has 0 spiro atoms. The molecule has 0 fully saturated rings. The van der Waals surface area contributed by atoms with Crippen LogP contribution in [0.25, 0.3) is 0 Å². The van der Waals surface area contributed by atoms with E-state index in [2.05, 4.69) is 30.5 Å². The number of halogens is 2. The zero-order valence-electron chi connectivity index (χ0n) is 12.3. The molecule has 4 rings (SSSR count). The fourth-order valence-electron chi connectivity index (χ4n) is 3.87. The monoisotopic (exact) mass is 313 g/mol. The topological polar surface area (TPSA) is 12.0 Å². The maximum absolute atomic E-state index is 13.6. The number of rotatable bonds is 1. The van der Waals surface area contributed by atoms with Gasteiger partial charge in [0, 0.05) is 16.6 Å². The molecule has 2 aromatic rings. The van der Waals surface area contributed by atoms with Crippen LogP contribution in [0.15, 0.2) is 48.6 Å². The summed E-state index contributed by atoms with van der Waals surface area (Å²) in [6.45, 7) is 2.07. The number of fused-ring (bicyclic) bond motifs is 3. The molecule has 2 aliphatic rings. The minimum absolute atomic E-state index is 0.128. The smallest absolute Gasteiger partial charge is 0.123 e. The summed E-state index contributed by atoms with van der Waals surface area (Å²) in [7, 11) is 0. The summed E-state index contributed by atoms with van der Waals surface area (Å²) >= 11 is 6.25. The summed E-state index contributed by atoms with van der Waals surface area (Å²) in [4.78, 5) is 0. The highest BCUT2D eigenvalue weighted by Gasteiger charge is 2.38. The number of nitrogens with one attached hydrogen (secondary N) is 1. The quantitative estimate of drug-likeness (QED) is 0.674. The summed E-state index contributed by atoms with van der Waals surface area (Å²) in [6, 6.07) is 11.1. The minimum Gasteiger partial charge on any atom is -0.377 e. The van der Waals surface area contributed by atoms with Crippen molar-refractivity contribution in [3.05, 3.63) is 76.1 Å². The average molecular weight is 314 g/mol. The van der Waals surface area contributed by atoms with Gasteiger partial charge < -0.3 is 5.32 Å². The van der Waals surface area contributed by atoms with Gasteiger partial charge in [0.2, 0.25) is 0 Å². The largest absolute Gasteiger partial charge is 0.377 e. The summed E-state index contributed by atoms with van der Waals surface area (Å²) in [5.74, 6) is 0.578. The highest BCUT2D eigenvalue weighted by Crippen LogP contribution is 2.51. The van der Waals surface area contributed by atoms with E-state index in [4.69, 9.17) is 11.6 Å². The Morgan fingerprint density at radius 2 is 2.09 bits per heavy atom. The molecular formula is C19H17ClFN. The van der Waals surface area contributed by atoms with E-state index >= 15 is 0 Å². The lowest BCUT2D eigenvalue weighted by Gasteiger charge is -2.38. The van der Waals surface area contributed by atoms with Crippen LogP contribution in [-0.4, -0.2) is 0 Å². The summed E-state index contributed by atoms with van der Waals surface area (Å²) in [5, 5.41) is 4.42. The molecular weight excluding hydrogens is 297 g/mol. The van der Waals surface area contributed by atoms with Crippen LogP contribution in [0, 0.1) is 18.7 Å². The van der Waals surface area contributed by atoms with Crippen molar-refractivity contribution in [2.24, 2.45) is 5.92 Å². The minimum atomic E-state index is -0.180. The lowest BCUT2D eigenvalue weighted by atomic mass is 9.76. The summed E-state index contributed by atoms with van der Waals surface area (Å²) < 4.78 is 13.6. The molecule has 3 atom stereocenters. The van der Waals surface area contributed by atoms with E-state index in [0.717, 1.165) is 28.3 Å². The van der Waals surface area contributed by atoms with E-state index in [0.29, 0.717) is 11.8 Å². The van der Waals surface area contributed by atoms with E-state index in [9.17, 15) is 4.39 Å². The van der Waals surface area contributed by atoms with Crippen molar-refractivity contribution < 1.29 is 4.39 Å². The van der Waals surface area contributed by atoms with Crippen LogP contribution in [-0.2, 0) is 0 Å². The molecule has 112 valence electrons. The average Bonchev–Trinajstić information content (AvgIpc) is 2.96. The van der Waals surface area contributed by atoms with E-state index in [1.165, 1.54) is 11.6 Å². The van der Waals surface area contributed by atoms with Crippen molar-refractivity contribution in [3.63, 3.8) is 0 Å². The molecule has 2 aromatic carbocycles. The third-order valence-corrected chi connectivity index (χ3v) is 5.06. The number of aryl methyl sites for hydroxylation is 1. The number of hydrogen-bond acceptors (Lipinski definition) is 1. The van der Waals surface area contributed by atoms with Gasteiger partial charge in [0.1, 0.15) is 5.82 Å². The molecule has 0 saturated heterocycles. The first-order valence-electron chi connectivity index (χ1n) is 7.62. The first-order chi connectivity index (χ1) is 10.6. The van der Waals surface area contributed by atoms with Gasteiger partial charge in [-0.3, -0.25) is 0 Å². The first kappa shape index (κ1) is 13.8. The Morgan fingerprint density at radius 1 is 1.23 bits per heavy atom. The lowest BCUT2D eigenvalue weighted by Crippen LogP contribution is -2.29. The molecule has 0 saturated carbocycles. The van der Waals surface area contributed by atoms with Gasteiger partial charge in [-0.1, -0.05) is 35.9 Å². The van der Waals surface area contributed by atoms with Gasteiger partial charge in [-0.25, -0.2) is 4.39 Å². The molecule has 1 aliphatic carbocycles. The fourth-order valence-corrected chi connectivity index (χ4v) is 4.15. The Morgan fingerprint density at radius 3 is 2.91 bits per heavy atom. The predicted molar refractivity (Wildman–Crippen MR) is 88.9 cm³/mol. The van der Waals surface area contributed by atoms with Crippen LogP contribution in [0.3, 0.4) is 0 Å². The van der Waals surface area contributed by atoms with Gasteiger partial charge in [0.25, 0.3) is 0 Å². The van der Waals surface area contributed by atoms with Crippen LogP contribution in [0.5, 0.6) is 0 Å². The molecule has 1 heterocycles. The van der Waals surface area contributed by atoms with E-state index in [1.807, 2.05) is 12.1 Å². The normalized spacial score (nSPS) is 25.5. The molecule has 0 bridgehead atoms. The van der Waals surface area contributed by atoms with Crippen LogP contribution in [0.2, 0.25) is 5.02 Å². The molecule has 1 aliphatic heterocycles. The number of hydrogen-bond donors (Lipinski definition) is 1. The molecule has 0 aromatic heterocycles. The maximum Gasteiger partial charge on any atom is 0.123 e. The maximum atomic E-state index is 13.6. The molecule has 1 N–H and O–H groups in total.